The van der Waals surface area contributed by atoms with Gasteiger partial charge in [0, 0.05) is 12.3 Å². The number of nitrogens with one attached hydrogen (secondary N) is 1. The van der Waals surface area contributed by atoms with Gasteiger partial charge in [-0.05, 0) is 36.4 Å². The number of nitrogens with zero attached hydrogens (tertiary/aromatic N) is 6. The third kappa shape index (κ3) is 4.90. The van der Waals surface area contributed by atoms with Crippen molar-refractivity contribution in [3.05, 3.63) is 53.7 Å². The normalized spacial score (nSPS) is 15.8. The van der Waals surface area contributed by atoms with Crippen LogP contribution in [-0.4, -0.2) is 42.4 Å². The van der Waals surface area contributed by atoms with Crippen molar-refractivity contribution >= 4 is 40.7 Å². The molecule has 4 aromatic rings. The van der Waals surface area contributed by atoms with E-state index in [1.54, 1.807) is 11.3 Å². The van der Waals surface area contributed by atoms with Gasteiger partial charge in [-0.25, -0.2) is 0 Å². The van der Waals surface area contributed by atoms with Crippen molar-refractivity contribution in [3.63, 3.8) is 0 Å². The fraction of sp³-hybridized carbons (Fsp3) is 0.286. The van der Waals surface area contributed by atoms with E-state index in [4.69, 9.17) is 10.5 Å². The van der Waals surface area contributed by atoms with Crippen molar-refractivity contribution < 1.29 is 4.74 Å². The fourth-order valence-electron chi connectivity index (χ4n) is 3.48. The molecule has 5 rings (SSSR count). The average molecular weight is 467 g/mol. The minimum atomic E-state index is 0.175. The summed E-state index contributed by atoms with van der Waals surface area (Å²) in [6.45, 7) is 1.54. The van der Waals surface area contributed by atoms with E-state index in [1.165, 1.54) is 11.8 Å². The second-order valence-corrected chi connectivity index (χ2v) is 9.13. The highest BCUT2D eigenvalue weighted by atomic mass is 32.2. The molecule has 1 saturated heterocycles. The first-order valence-electron chi connectivity index (χ1n) is 10.3. The molecule has 0 radical (unpaired) electrons. The number of hydrogen-bond donors (Lipinski definition) is 2. The molecule has 164 valence electrons. The van der Waals surface area contributed by atoms with Gasteiger partial charge in [0.15, 0.2) is 11.0 Å². The Morgan fingerprint density at radius 2 is 2.03 bits per heavy atom. The number of para-hydroxylation sites is 1. The van der Waals surface area contributed by atoms with E-state index in [0.717, 1.165) is 47.5 Å². The zero-order valence-corrected chi connectivity index (χ0v) is 18.9. The second kappa shape index (κ2) is 9.63. The molecule has 0 saturated carbocycles. The average Bonchev–Trinajstić information content (AvgIpc) is 3.56. The smallest absolute Gasteiger partial charge is 0.232 e. The number of benzene rings is 1. The lowest BCUT2D eigenvalue weighted by Gasteiger charge is -2.14. The van der Waals surface area contributed by atoms with Crippen LogP contribution >= 0.6 is 23.1 Å². The van der Waals surface area contributed by atoms with Gasteiger partial charge in [-0.3, -0.25) is 4.57 Å². The van der Waals surface area contributed by atoms with Crippen LogP contribution in [0, 0.1) is 0 Å². The van der Waals surface area contributed by atoms with Crippen LogP contribution in [0.2, 0.25) is 0 Å². The number of nitrogens with two attached hydrogens (primary N) is 1. The Labute approximate surface area is 193 Å². The van der Waals surface area contributed by atoms with Crippen LogP contribution in [0.3, 0.4) is 0 Å². The summed E-state index contributed by atoms with van der Waals surface area (Å²) in [6, 6.07) is 13.8. The summed E-state index contributed by atoms with van der Waals surface area (Å²) < 4.78 is 8.00. The van der Waals surface area contributed by atoms with E-state index in [0.29, 0.717) is 17.5 Å². The molecule has 1 aromatic carbocycles. The number of aromatic nitrogens is 6. The van der Waals surface area contributed by atoms with Crippen LogP contribution in [-0.2, 0) is 17.0 Å². The van der Waals surface area contributed by atoms with Gasteiger partial charge in [0.2, 0.25) is 11.9 Å². The lowest BCUT2D eigenvalue weighted by molar-refractivity contribution is 0.0953. The summed E-state index contributed by atoms with van der Waals surface area (Å²) >= 11 is 3.18. The van der Waals surface area contributed by atoms with Crippen LogP contribution in [0.1, 0.15) is 18.7 Å². The van der Waals surface area contributed by atoms with Crippen LogP contribution in [0.4, 0.5) is 17.6 Å². The molecule has 1 fully saturated rings. The Morgan fingerprint density at radius 3 is 2.81 bits per heavy atom. The molecule has 32 heavy (non-hydrogen) atoms. The number of anilines is 3. The van der Waals surface area contributed by atoms with Crippen molar-refractivity contribution in [2.75, 3.05) is 17.7 Å². The van der Waals surface area contributed by atoms with Crippen LogP contribution < -0.4 is 11.1 Å². The largest absolute Gasteiger partial charge is 0.376 e. The molecule has 1 atom stereocenters. The van der Waals surface area contributed by atoms with Crippen LogP contribution in [0.5, 0.6) is 0 Å². The molecule has 1 aliphatic rings. The summed E-state index contributed by atoms with van der Waals surface area (Å²) in [5.74, 6) is 2.52. The first-order chi connectivity index (χ1) is 15.7. The van der Waals surface area contributed by atoms with E-state index in [1.807, 2.05) is 41.8 Å². The highest BCUT2D eigenvalue weighted by Gasteiger charge is 2.22. The number of thiophene rings is 1. The summed E-state index contributed by atoms with van der Waals surface area (Å²) in [5, 5.41) is 14.9. The molecule has 0 aliphatic carbocycles. The third-order valence-electron chi connectivity index (χ3n) is 4.93. The van der Waals surface area contributed by atoms with E-state index in [-0.39, 0.29) is 12.1 Å². The Balaban J connectivity index is 1.35. The molecular weight excluding hydrogens is 444 g/mol. The molecule has 4 heterocycles. The number of ether oxygens (including phenoxy) is 1. The summed E-state index contributed by atoms with van der Waals surface area (Å²) in [7, 11) is 0. The van der Waals surface area contributed by atoms with Crippen molar-refractivity contribution in [1.82, 2.24) is 29.7 Å². The Morgan fingerprint density at radius 1 is 1.12 bits per heavy atom. The van der Waals surface area contributed by atoms with Gasteiger partial charge in [-0.1, -0.05) is 36.0 Å². The number of nitrogen functional groups attached to an aromatic ring is 1. The minimum Gasteiger partial charge on any atom is -0.376 e. The Hall–Kier alpha value is -3.02. The molecule has 9 nitrogen and oxygen atoms in total. The molecule has 3 aromatic heterocycles. The predicted molar refractivity (Wildman–Crippen MR) is 126 cm³/mol. The van der Waals surface area contributed by atoms with Gasteiger partial charge in [0.1, 0.15) is 5.82 Å². The number of hydrogen-bond acceptors (Lipinski definition) is 10. The van der Waals surface area contributed by atoms with Gasteiger partial charge in [0.05, 0.1) is 23.3 Å². The van der Waals surface area contributed by atoms with E-state index in [2.05, 4.69) is 41.1 Å². The SMILES string of the molecule is Nc1nc(CSc2nnc(-c3cccs3)n2CC2CCCO2)nc(Nc2ccccc2)n1. The summed E-state index contributed by atoms with van der Waals surface area (Å²) in [6.07, 6.45) is 2.31. The molecule has 11 heteroatoms. The van der Waals surface area contributed by atoms with Gasteiger partial charge >= 0.3 is 0 Å². The van der Waals surface area contributed by atoms with Crippen molar-refractivity contribution in [1.29, 1.82) is 0 Å². The monoisotopic (exact) mass is 466 g/mol. The highest BCUT2D eigenvalue weighted by molar-refractivity contribution is 7.98. The van der Waals surface area contributed by atoms with Gasteiger partial charge in [-0.15, -0.1) is 21.5 Å². The standard InChI is InChI=1S/C21H22N8OS2/c22-19-24-17(25-20(26-19)23-14-6-2-1-3-7-14)13-32-21-28-27-18(16-9-5-11-31-16)29(21)12-15-8-4-10-30-15/h1-3,5-7,9,11,15H,4,8,10,12-13H2,(H3,22,23,24,25,26). The maximum Gasteiger partial charge on any atom is 0.232 e. The van der Waals surface area contributed by atoms with E-state index >= 15 is 0 Å². The lowest BCUT2D eigenvalue weighted by atomic mass is 10.2. The maximum atomic E-state index is 5.93. The lowest BCUT2D eigenvalue weighted by Crippen LogP contribution is -2.16. The molecule has 0 amide bonds. The van der Waals surface area contributed by atoms with Gasteiger partial charge in [-0.2, -0.15) is 15.0 Å². The van der Waals surface area contributed by atoms with Gasteiger partial charge < -0.3 is 15.8 Å². The highest BCUT2D eigenvalue weighted by Crippen LogP contribution is 2.30. The molecule has 0 spiro atoms. The fourth-order valence-corrected chi connectivity index (χ4v) is 5.00. The quantitative estimate of drug-likeness (QED) is 0.372. The molecule has 3 N–H and O–H groups in total. The Bertz CT molecular complexity index is 1160. The molecular formula is C21H22N8OS2. The van der Waals surface area contributed by atoms with E-state index < -0.39 is 0 Å². The van der Waals surface area contributed by atoms with Crippen LogP contribution in [0.25, 0.3) is 10.7 Å². The Kier molecular flexibility index (Phi) is 6.28. The first-order valence-corrected chi connectivity index (χ1v) is 12.1. The molecule has 1 unspecified atom stereocenters. The number of thioether (sulfide) groups is 1. The first kappa shape index (κ1) is 20.9. The van der Waals surface area contributed by atoms with Crippen molar-refractivity contribution in [3.8, 4) is 10.7 Å². The van der Waals surface area contributed by atoms with Crippen LogP contribution in [0.15, 0.2) is 53.0 Å². The molecule has 0 bridgehead atoms. The predicted octanol–water partition coefficient (Wildman–Crippen LogP) is 3.99. The van der Waals surface area contributed by atoms with Crippen molar-refractivity contribution in [2.45, 2.75) is 36.4 Å². The summed E-state index contributed by atoms with van der Waals surface area (Å²) in [5.41, 5.74) is 6.81. The topological polar surface area (TPSA) is 117 Å². The summed E-state index contributed by atoms with van der Waals surface area (Å²) in [4.78, 5) is 14.1. The second-order valence-electron chi connectivity index (χ2n) is 7.24. The van der Waals surface area contributed by atoms with Crippen molar-refractivity contribution in [2.24, 2.45) is 0 Å². The zero-order valence-electron chi connectivity index (χ0n) is 17.2. The maximum absolute atomic E-state index is 5.93. The number of rotatable bonds is 8. The van der Waals surface area contributed by atoms with E-state index in [9.17, 15) is 0 Å². The van der Waals surface area contributed by atoms with Gasteiger partial charge in [0.25, 0.3) is 0 Å². The zero-order chi connectivity index (χ0) is 21.8. The third-order valence-corrected chi connectivity index (χ3v) is 6.76. The molecule has 1 aliphatic heterocycles. The minimum absolute atomic E-state index is 0.175.